The molecular formula is C41H57F3O6S. The van der Waals surface area contributed by atoms with Crippen LogP contribution in [0, 0.1) is 50.7 Å². The Labute approximate surface area is 303 Å². The van der Waals surface area contributed by atoms with E-state index < -0.39 is 27.3 Å². The number of halogens is 3. The number of ether oxygens (including phenoxy) is 2. The number of esters is 1. The molecule has 5 fully saturated rings. The average Bonchev–Trinajstić information content (AvgIpc) is 3.62. The van der Waals surface area contributed by atoms with E-state index in [0.717, 1.165) is 36.7 Å². The van der Waals surface area contributed by atoms with Gasteiger partial charge in [-0.3, -0.25) is 0 Å². The Morgan fingerprint density at radius 2 is 1.63 bits per heavy atom. The van der Waals surface area contributed by atoms with Crippen molar-refractivity contribution >= 4 is 22.2 Å². The Hall–Kier alpha value is -2.49. The largest absolute Gasteiger partial charge is 0.534 e. The average molecular weight is 735 g/mol. The van der Waals surface area contributed by atoms with Crippen LogP contribution in [0.5, 0.6) is 11.5 Å². The Morgan fingerprint density at radius 1 is 0.941 bits per heavy atom. The molecule has 5 aliphatic carbocycles. The first-order valence-corrected chi connectivity index (χ1v) is 20.3. The van der Waals surface area contributed by atoms with Gasteiger partial charge in [0.15, 0.2) is 11.5 Å². The summed E-state index contributed by atoms with van der Waals surface area (Å²) in [4.78, 5) is 13.2. The van der Waals surface area contributed by atoms with Crippen LogP contribution in [0.15, 0.2) is 35.9 Å². The molecule has 5 saturated carbocycles. The van der Waals surface area contributed by atoms with E-state index in [1.54, 1.807) is 0 Å². The van der Waals surface area contributed by atoms with E-state index in [2.05, 4.69) is 58.7 Å². The van der Waals surface area contributed by atoms with E-state index in [1.165, 1.54) is 94.8 Å². The molecule has 0 aliphatic heterocycles. The molecule has 0 aromatic heterocycles. The van der Waals surface area contributed by atoms with Gasteiger partial charge in [0.1, 0.15) is 6.10 Å². The van der Waals surface area contributed by atoms with Crippen LogP contribution in [0.2, 0.25) is 0 Å². The van der Waals surface area contributed by atoms with Crippen molar-refractivity contribution in [2.24, 2.45) is 50.7 Å². The van der Waals surface area contributed by atoms with Gasteiger partial charge in [-0.15, -0.1) is 0 Å². The minimum atomic E-state index is -5.86. The van der Waals surface area contributed by atoms with Crippen molar-refractivity contribution in [3.8, 4) is 11.5 Å². The highest BCUT2D eigenvalue weighted by Gasteiger charge is 2.82. The number of carbonyl (C=O) groups excluding carboxylic acids is 1. The second kappa shape index (κ2) is 12.8. The number of allylic oxidation sites excluding steroid dienone is 2. The highest BCUT2D eigenvalue weighted by atomic mass is 32.2. The number of fused-ring (bicyclic) bond motifs is 2. The number of hydrogen-bond acceptors (Lipinski definition) is 6. The third-order valence-corrected chi connectivity index (χ3v) is 16.3. The molecular weight excluding hydrogens is 678 g/mol. The predicted molar refractivity (Wildman–Crippen MR) is 192 cm³/mol. The van der Waals surface area contributed by atoms with Crippen LogP contribution in [0.3, 0.4) is 0 Å². The molecule has 0 saturated heterocycles. The maximum Gasteiger partial charge on any atom is 0.534 e. The maximum absolute atomic E-state index is 13.2. The van der Waals surface area contributed by atoms with Crippen LogP contribution >= 0.6 is 0 Å². The second-order valence-corrected chi connectivity index (χ2v) is 19.5. The van der Waals surface area contributed by atoms with E-state index in [-0.39, 0.29) is 17.3 Å². The molecule has 10 heteroatoms. The number of carbonyl (C=O) groups is 1. The first-order valence-electron chi connectivity index (χ1n) is 18.9. The van der Waals surface area contributed by atoms with Crippen molar-refractivity contribution in [3.05, 3.63) is 41.5 Å². The van der Waals surface area contributed by atoms with Gasteiger partial charge in [0.2, 0.25) is 0 Å². The van der Waals surface area contributed by atoms with Gasteiger partial charge >= 0.3 is 21.6 Å². The molecule has 0 heterocycles. The monoisotopic (exact) mass is 734 g/mol. The summed E-state index contributed by atoms with van der Waals surface area (Å²) in [5, 5.41) is 0. The lowest BCUT2D eigenvalue weighted by molar-refractivity contribution is -0.179. The fourth-order valence-electron chi connectivity index (χ4n) is 12.7. The zero-order valence-corrected chi connectivity index (χ0v) is 32.4. The van der Waals surface area contributed by atoms with E-state index in [4.69, 9.17) is 9.47 Å². The van der Waals surface area contributed by atoms with E-state index in [9.17, 15) is 26.4 Å². The molecule has 6 rings (SSSR count). The Morgan fingerprint density at radius 3 is 2.29 bits per heavy atom. The molecule has 0 radical (unpaired) electrons. The quantitative estimate of drug-likeness (QED) is 0.0783. The zero-order valence-electron chi connectivity index (χ0n) is 31.6. The number of rotatable bonds is 10. The van der Waals surface area contributed by atoms with Gasteiger partial charge in [-0.2, -0.15) is 21.6 Å². The van der Waals surface area contributed by atoms with Crippen LogP contribution in [-0.4, -0.2) is 33.1 Å². The molecule has 9 atom stereocenters. The Kier molecular flexibility index (Phi) is 9.62. The normalized spacial score (nSPS) is 37.3. The standard InChI is InChI=1S/C41H57F3O6S/c1-26(2)10-9-11-27(3)29-18-20-38(7)33-16-15-32-36(4,5)34(19-21-39(32)25-40(33,39)23-22-37(29,38)6)49-35(45)17-13-28-12-14-30(31(24-28)48-8)50-51(46,47)41(42,43)44/h10,12-14,17,24,27,29,32-34H,9,11,15-16,18-23,25H2,1-8H3/b17-13+/t27-,29-,32+,33+,34+,37-,38+,39-,40-/m1/s1. The van der Waals surface area contributed by atoms with Crippen LogP contribution in [0.25, 0.3) is 6.08 Å². The Bertz CT molecular complexity index is 1690. The highest BCUT2D eigenvalue weighted by molar-refractivity contribution is 7.88. The molecule has 0 N–H and O–H groups in total. The van der Waals surface area contributed by atoms with Gasteiger partial charge in [-0.25, -0.2) is 4.79 Å². The molecule has 0 bridgehead atoms. The molecule has 1 aromatic rings. The van der Waals surface area contributed by atoms with E-state index in [1.807, 2.05) is 0 Å². The third kappa shape index (κ3) is 6.05. The van der Waals surface area contributed by atoms with Gasteiger partial charge in [0.05, 0.1) is 7.11 Å². The molecule has 0 amide bonds. The maximum atomic E-state index is 13.2. The van der Waals surface area contributed by atoms with E-state index >= 15 is 0 Å². The summed E-state index contributed by atoms with van der Waals surface area (Å²) in [5.74, 6) is 1.47. The van der Waals surface area contributed by atoms with Crippen molar-refractivity contribution < 1.29 is 40.0 Å². The summed E-state index contributed by atoms with van der Waals surface area (Å²) >= 11 is 0. The van der Waals surface area contributed by atoms with Crippen molar-refractivity contribution in [2.75, 3.05) is 7.11 Å². The third-order valence-electron chi connectivity index (χ3n) is 15.3. The smallest absolute Gasteiger partial charge is 0.493 e. The summed E-state index contributed by atoms with van der Waals surface area (Å²) in [6.07, 6.45) is 18.5. The van der Waals surface area contributed by atoms with Crippen molar-refractivity contribution in [1.82, 2.24) is 0 Å². The predicted octanol–water partition coefficient (Wildman–Crippen LogP) is 10.7. The van der Waals surface area contributed by atoms with Crippen molar-refractivity contribution in [2.45, 2.75) is 131 Å². The lowest BCUT2D eigenvalue weighted by atomic mass is 9.41. The molecule has 1 aromatic carbocycles. The van der Waals surface area contributed by atoms with Crippen LogP contribution < -0.4 is 8.92 Å². The first-order chi connectivity index (χ1) is 23.7. The lowest BCUT2D eigenvalue weighted by Crippen LogP contribution is -2.58. The molecule has 6 nitrogen and oxygen atoms in total. The summed E-state index contributed by atoms with van der Waals surface area (Å²) in [5.41, 5.74) is -2.44. The van der Waals surface area contributed by atoms with Gasteiger partial charge in [-0.05, 0) is 154 Å². The number of methoxy groups -OCH3 is 1. The van der Waals surface area contributed by atoms with Crippen LogP contribution in [0.1, 0.15) is 125 Å². The second-order valence-electron chi connectivity index (χ2n) is 18.0. The van der Waals surface area contributed by atoms with Crippen molar-refractivity contribution in [1.29, 1.82) is 0 Å². The lowest BCUT2D eigenvalue weighted by Gasteiger charge is -2.63. The van der Waals surface area contributed by atoms with Crippen molar-refractivity contribution in [3.63, 3.8) is 0 Å². The highest BCUT2D eigenvalue weighted by Crippen LogP contribution is 2.89. The number of hydrogen-bond donors (Lipinski definition) is 0. The zero-order chi connectivity index (χ0) is 37.4. The van der Waals surface area contributed by atoms with E-state index in [0.29, 0.717) is 33.1 Å². The van der Waals surface area contributed by atoms with Crippen LogP contribution in [-0.2, 0) is 19.6 Å². The number of benzene rings is 1. The molecule has 284 valence electrons. The minimum Gasteiger partial charge on any atom is -0.493 e. The molecule has 5 aliphatic rings. The summed E-state index contributed by atoms with van der Waals surface area (Å²) in [6.45, 7) is 16.8. The summed E-state index contributed by atoms with van der Waals surface area (Å²) in [6, 6.07) is 3.71. The van der Waals surface area contributed by atoms with Crippen LogP contribution in [0.4, 0.5) is 13.2 Å². The summed E-state index contributed by atoms with van der Waals surface area (Å²) in [7, 11) is -4.68. The van der Waals surface area contributed by atoms with Gasteiger partial charge in [-0.1, -0.05) is 52.3 Å². The minimum absolute atomic E-state index is 0.179. The SMILES string of the molecule is COc1cc(/C=C/C(=O)O[C@H]2CC[C@]34C[C@@]35CC[C@]3(C)[C@@H]([C@H](C)CCC=C(C)C)CC[C@@]3(C)[C@@H]5CC[C@H]4C2(C)C)ccc1OS(=O)(=O)C(F)(F)F. The molecule has 51 heavy (non-hydrogen) atoms. The fourth-order valence-corrected chi connectivity index (χ4v) is 13.2. The first kappa shape index (κ1) is 38.2. The topological polar surface area (TPSA) is 78.9 Å². The number of alkyl halides is 3. The van der Waals surface area contributed by atoms with Gasteiger partial charge < -0.3 is 13.7 Å². The fraction of sp³-hybridized carbons (Fsp3) is 0.732. The van der Waals surface area contributed by atoms with Gasteiger partial charge in [0, 0.05) is 11.5 Å². The summed E-state index contributed by atoms with van der Waals surface area (Å²) < 4.78 is 76.9. The molecule has 0 unspecified atom stereocenters. The van der Waals surface area contributed by atoms with Gasteiger partial charge in [0.25, 0.3) is 0 Å². The molecule has 2 spiro atoms. The Balaban J connectivity index is 1.12.